The molecule has 0 fully saturated rings. The molecule has 0 radical (unpaired) electrons. The van der Waals surface area contributed by atoms with Gasteiger partial charge in [0.25, 0.3) is 0 Å². The lowest BCUT2D eigenvalue weighted by Gasteiger charge is -2.20. The van der Waals surface area contributed by atoms with Gasteiger partial charge in [-0.2, -0.15) is 0 Å². The predicted octanol–water partition coefficient (Wildman–Crippen LogP) is 10.9. The molecule has 0 spiro atoms. The van der Waals surface area contributed by atoms with Crippen molar-refractivity contribution in [2.75, 3.05) is 0 Å². The van der Waals surface area contributed by atoms with Gasteiger partial charge in [0.2, 0.25) is 0 Å². The zero-order chi connectivity index (χ0) is 25.1. The van der Waals surface area contributed by atoms with Crippen molar-refractivity contribution >= 4 is 59.4 Å². The quantitative estimate of drug-likeness (QED) is 0.170. The first-order valence-corrected chi connectivity index (χ1v) is 13.5. The highest BCUT2D eigenvalue weighted by atomic mass is 14.2. The van der Waals surface area contributed by atoms with Crippen LogP contribution in [0.4, 0.5) is 0 Å². The summed E-state index contributed by atoms with van der Waals surface area (Å²) in [5.74, 6) is 0. The van der Waals surface area contributed by atoms with Crippen LogP contribution in [0.3, 0.4) is 0 Å². The molecule has 38 heavy (non-hydrogen) atoms. The van der Waals surface area contributed by atoms with Crippen LogP contribution < -0.4 is 0 Å². The van der Waals surface area contributed by atoms with Gasteiger partial charge in [-0.3, -0.25) is 0 Å². The minimum atomic E-state index is 1.10. The van der Waals surface area contributed by atoms with E-state index in [0.717, 1.165) is 12.8 Å². The van der Waals surface area contributed by atoms with E-state index in [2.05, 4.69) is 133 Å². The Morgan fingerprint density at radius 1 is 0.395 bits per heavy atom. The molecule has 1 aliphatic rings. The average molecular weight is 483 g/mol. The third-order valence-corrected chi connectivity index (χ3v) is 8.23. The van der Waals surface area contributed by atoms with Crippen molar-refractivity contribution in [1.82, 2.24) is 0 Å². The molecule has 0 heteroatoms. The molecule has 0 aromatic heterocycles. The second-order valence-corrected chi connectivity index (χ2v) is 10.4. The molecule has 0 unspecified atom stereocenters. The summed E-state index contributed by atoms with van der Waals surface area (Å²) in [4.78, 5) is 0. The summed E-state index contributed by atoms with van der Waals surface area (Å²) in [7, 11) is 0. The SMILES string of the molecule is C1=CC(c2c3ccccc3c(-c3cccc4c3ccc3cc5ccccc5cc34)c3ccccc23)=CCC1. The van der Waals surface area contributed by atoms with Crippen LogP contribution >= 0.6 is 0 Å². The van der Waals surface area contributed by atoms with Crippen LogP contribution in [0, 0.1) is 0 Å². The number of benzene rings is 7. The fraction of sp³-hybridized carbons (Fsp3) is 0.0526. The van der Waals surface area contributed by atoms with Gasteiger partial charge in [0.15, 0.2) is 0 Å². The first-order chi connectivity index (χ1) is 18.9. The molecule has 0 N–H and O–H groups in total. The van der Waals surface area contributed by atoms with E-state index in [0.29, 0.717) is 0 Å². The molecule has 0 saturated heterocycles. The van der Waals surface area contributed by atoms with E-state index in [-0.39, 0.29) is 0 Å². The van der Waals surface area contributed by atoms with Crippen LogP contribution in [-0.4, -0.2) is 0 Å². The van der Waals surface area contributed by atoms with Crippen LogP contribution in [0.5, 0.6) is 0 Å². The third-order valence-electron chi connectivity index (χ3n) is 8.23. The largest absolute Gasteiger partial charge is 0.0836 e. The normalized spacial score (nSPS) is 13.6. The highest BCUT2D eigenvalue weighted by Gasteiger charge is 2.18. The van der Waals surface area contributed by atoms with Gasteiger partial charge < -0.3 is 0 Å². The minimum absolute atomic E-state index is 1.10. The topological polar surface area (TPSA) is 0 Å². The Balaban J connectivity index is 1.51. The van der Waals surface area contributed by atoms with Crippen molar-refractivity contribution in [2.45, 2.75) is 12.8 Å². The van der Waals surface area contributed by atoms with Crippen LogP contribution in [-0.2, 0) is 0 Å². The molecule has 0 bridgehead atoms. The van der Waals surface area contributed by atoms with Gasteiger partial charge in [0, 0.05) is 0 Å². The van der Waals surface area contributed by atoms with E-state index >= 15 is 0 Å². The lowest BCUT2D eigenvalue weighted by molar-refractivity contribution is 1.04. The summed E-state index contributed by atoms with van der Waals surface area (Å²) < 4.78 is 0. The van der Waals surface area contributed by atoms with Crippen LogP contribution in [0.25, 0.3) is 70.6 Å². The van der Waals surface area contributed by atoms with E-state index in [4.69, 9.17) is 0 Å². The number of rotatable bonds is 2. The van der Waals surface area contributed by atoms with Gasteiger partial charge in [-0.15, -0.1) is 0 Å². The van der Waals surface area contributed by atoms with E-state index in [9.17, 15) is 0 Å². The summed E-state index contributed by atoms with van der Waals surface area (Å²) in [5, 5.41) is 13.0. The second kappa shape index (κ2) is 8.43. The van der Waals surface area contributed by atoms with Crippen LogP contribution in [0.1, 0.15) is 18.4 Å². The lowest BCUT2D eigenvalue weighted by Crippen LogP contribution is -1.94. The Labute approximate surface area is 222 Å². The highest BCUT2D eigenvalue weighted by Crippen LogP contribution is 2.45. The molecule has 0 atom stereocenters. The molecule has 8 rings (SSSR count). The summed E-state index contributed by atoms with van der Waals surface area (Å²) in [6, 6.07) is 42.7. The van der Waals surface area contributed by atoms with Gasteiger partial charge in [-0.05, 0) is 101 Å². The average Bonchev–Trinajstić information content (AvgIpc) is 2.99. The van der Waals surface area contributed by atoms with E-state index in [1.165, 1.54) is 76.1 Å². The van der Waals surface area contributed by atoms with Crippen molar-refractivity contribution < 1.29 is 0 Å². The molecular weight excluding hydrogens is 456 g/mol. The summed E-state index contributed by atoms with van der Waals surface area (Å²) in [6.07, 6.45) is 9.25. The molecule has 0 nitrogen and oxygen atoms in total. The Morgan fingerprint density at radius 2 is 1.03 bits per heavy atom. The summed E-state index contributed by atoms with van der Waals surface area (Å²) >= 11 is 0. The van der Waals surface area contributed by atoms with Crippen molar-refractivity contribution in [3.8, 4) is 11.1 Å². The first kappa shape index (κ1) is 21.4. The molecule has 1 aliphatic carbocycles. The molecule has 0 heterocycles. The van der Waals surface area contributed by atoms with Gasteiger partial charge in [0.1, 0.15) is 0 Å². The van der Waals surface area contributed by atoms with E-state index < -0.39 is 0 Å². The number of allylic oxidation sites excluding steroid dienone is 4. The zero-order valence-electron chi connectivity index (χ0n) is 21.1. The van der Waals surface area contributed by atoms with Crippen LogP contribution in [0.15, 0.2) is 133 Å². The monoisotopic (exact) mass is 482 g/mol. The fourth-order valence-corrected chi connectivity index (χ4v) is 6.53. The molecular formula is C38H26. The summed E-state index contributed by atoms with van der Waals surface area (Å²) in [5.41, 5.74) is 5.31. The second-order valence-electron chi connectivity index (χ2n) is 10.4. The third kappa shape index (κ3) is 3.17. The molecule has 0 saturated carbocycles. The summed E-state index contributed by atoms with van der Waals surface area (Å²) in [6.45, 7) is 0. The van der Waals surface area contributed by atoms with E-state index in [1.807, 2.05) is 0 Å². The van der Waals surface area contributed by atoms with Gasteiger partial charge in [-0.1, -0.05) is 121 Å². The standard InChI is InChI=1S/C38H26/c1-2-11-25(12-3-1)37-32-15-6-8-17-34(32)38(35-18-9-7-16-33(35)37)31-20-10-19-29-30(31)22-21-28-23-26-13-4-5-14-27(26)24-36(28)29/h2,4-24H,1,3H2. The highest BCUT2D eigenvalue weighted by molar-refractivity contribution is 6.24. The lowest BCUT2D eigenvalue weighted by atomic mass is 9.83. The maximum absolute atomic E-state index is 2.41. The predicted molar refractivity (Wildman–Crippen MR) is 166 cm³/mol. The smallest absolute Gasteiger partial charge is 0.00201 e. The molecule has 0 aliphatic heterocycles. The van der Waals surface area contributed by atoms with Crippen molar-refractivity contribution in [1.29, 1.82) is 0 Å². The Hall–Kier alpha value is -4.68. The van der Waals surface area contributed by atoms with E-state index in [1.54, 1.807) is 0 Å². The zero-order valence-corrected chi connectivity index (χ0v) is 21.1. The van der Waals surface area contributed by atoms with Gasteiger partial charge >= 0.3 is 0 Å². The Kier molecular flexibility index (Phi) is 4.75. The first-order valence-electron chi connectivity index (χ1n) is 13.5. The maximum Gasteiger partial charge on any atom is -0.00201 e. The van der Waals surface area contributed by atoms with Crippen molar-refractivity contribution in [3.05, 3.63) is 139 Å². The van der Waals surface area contributed by atoms with Crippen molar-refractivity contribution in [2.24, 2.45) is 0 Å². The number of fused-ring (bicyclic) bond motifs is 6. The van der Waals surface area contributed by atoms with Crippen molar-refractivity contribution in [3.63, 3.8) is 0 Å². The van der Waals surface area contributed by atoms with Gasteiger partial charge in [0.05, 0.1) is 0 Å². The number of hydrogen-bond donors (Lipinski definition) is 0. The molecule has 178 valence electrons. The maximum atomic E-state index is 2.41. The Morgan fingerprint density at radius 3 is 1.71 bits per heavy atom. The van der Waals surface area contributed by atoms with Gasteiger partial charge in [-0.25, -0.2) is 0 Å². The molecule has 0 amide bonds. The Bertz CT molecular complexity index is 2060. The van der Waals surface area contributed by atoms with Crippen LogP contribution in [0.2, 0.25) is 0 Å². The molecule has 7 aromatic carbocycles. The fourth-order valence-electron chi connectivity index (χ4n) is 6.53. The minimum Gasteiger partial charge on any atom is -0.0836 e. The number of hydrogen-bond acceptors (Lipinski definition) is 0. The molecule has 7 aromatic rings.